The van der Waals surface area contributed by atoms with Crippen molar-refractivity contribution >= 4 is 5.69 Å². The van der Waals surface area contributed by atoms with Gasteiger partial charge in [-0.15, -0.1) is 0 Å². The van der Waals surface area contributed by atoms with Crippen molar-refractivity contribution in [2.45, 2.75) is 20.3 Å². The number of nitrogen functional groups attached to an aromatic ring is 1. The highest BCUT2D eigenvalue weighted by atomic mass is 16.5. The highest BCUT2D eigenvalue weighted by Gasteiger charge is 2.01. The Balaban J connectivity index is 2.13. The van der Waals surface area contributed by atoms with Crippen LogP contribution in [0.25, 0.3) is 0 Å². The topological polar surface area (TPSA) is 38.5 Å². The molecule has 0 saturated heterocycles. The molecule has 0 aliphatic heterocycles. The van der Waals surface area contributed by atoms with Crippen LogP contribution in [0.15, 0.2) is 24.3 Å². The second-order valence-electron chi connectivity index (χ2n) is 4.93. The third-order valence-electron chi connectivity index (χ3n) is 2.51. The molecule has 0 aliphatic rings. The van der Waals surface area contributed by atoms with Gasteiger partial charge in [-0.2, -0.15) is 0 Å². The van der Waals surface area contributed by atoms with E-state index in [9.17, 15) is 0 Å². The van der Waals surface area contributed by atoms with E-state index in [2.05, 4.69) is 25.8 Å². The van der Waals surface area contributed by atoms with Gasteiger partial charge in [-0.3, -0.25) is 0 Å². The SMILES string of the molecule is CC(C)CN(C)CCCOc1ccc(N)cc1. The minimum atomic E-state index is 0.720. The first kappa shape index (κ1) is 13.8. The third-order valence-corrected chi connectivity index (χ3v) is 2.51. The molecule has 1 aromatic carbocycles. The van der Waals surface area contributed by atoms with Crippen molar-refractivity contribution in [2.24, 2.45) is 5.92 Å². The van der Waals surface area contributed by atoms with E-state index in [4.69, 9.17) is 10.5 Å². The number of nitrogens with two attached hydrogens (primary N) is 1. The van der Waals surface area contributed by atoms with Crippen LogP contribution in [-0.4, -0.2) is 31.6 Å². The molecule has 17 heavy (non-hydrogen) atoms. The van der Waals surface area contributed by atoms with Gasteiger partial charge in [-0.25, -0.2) is 0 Å². The quantitative estimate of drug-likeness (QED) is 0.584. The molecular weight excluding hydrogens is 212 g/mol. The van der Waals surface area contributed by atoms with Crippen LogP contribution in [0, 0.1) is 5.92 Å². The van der Waals surface area contributed by atoms with E-state index in [1.165, 1.54) is 0 Å². The van der Waals surface area contributed by atoms with Gasteiger partial charge in [0.25, 0.3) is 0 Å². The zero-order valence-corrected chi connectivity index (χ0v) is 11.1. The van der Waals surface area contributed by atoms with Gasteiger partial charge in [0.1, 0.15) is 5.75 Å². The van der Waals surface area contributed by atoms with Gasteiger partial charge < -0.3 is 15.4 Å². The summed E-state index contributed by atoms with van der Waals surface area (Å²) in [5.41, 5.74) is 6.38. The standard InChI is InChI=1S/C14H24N2O/c1-12(2)11-16(3)9-4-10-17-14-7-5-13(15)6-8-14/h5-8,12H,4,9-11,15H2,1-3H3. The van der Waals surface area contributed by atoms with E-state index in [-0.39, 0.29) is 0 Å². The summed E-state index contributed by atoms with van der Waals surface area (Å²) < 4.78 is 5.63. The summed E-state index contributed by atoms with van der Waals surface area (Å²) in [4.78, 5) is 2.34. The Morgan fingerprint density at radius 3 is 2.47 bits per heavy atom. The van der Waals surface area contributed by atoms with Gasteiger partial charge in [0.15, 0.2) is 0 Å². The van der Waals surface area contributed by atoms with E-state index in [1.807, 2.05) is 24.3 Å². The Labute approximate surface area is 105 Å². The van der Waals surface area contributed by atoms with Crippen molar-refractivity contribution < 1.29 is 4.74 Å². The number of ether oxygens (including phenoxy) is 1. The normalized spacial score (nSPS) is 11.1. The molecule has 1 aromatic rings. The van der Waals surface area contributed by atoms with Gasteiger partial charge in [-0.05, 0) is 43.7 Å². The Morgan fingerprint density at radius 1 is 1.24 bits per heavy atom. The molecule has 0 radical (unpaired) electrons. The summed E-state index contributed by atoms with van der Waals surface area (Å²) in [5, 5.41) is 0. The van der Waals surface area contributed by atoms with Crippen LogP contribution in [-0.2, 0) is 0 Å². The second-order valence-corrected chi connectivity index (χ2v) is 4.93. The fourth-order valence-electron chi connectivity index (χ4n) is 1.80. The van der Waals surface area contributed by atoms with Crippen molar-refractivity contribution in [1.82, 2.24) is 4.90 Å². The predicted molar refractivity (Wildman–Crippen MR) is 73.3 cm³/mol. The minimum absolute atomic E-state index is 0.720. The molecule has 0 fully saturated rings. The first-order valence-corrected chi connectivity index (χ1v) is 6.25. The van der Waals surface area contributed by atoms with E-state index < -0.39 is 0 Å². The first-order chi connectivity index (χ1) is 8.08. The zero-order chi connectivity index (χ0) is 12.7. The van der Waals surface area contributed by atoms with Gasteiger partial charge in [0.2, 0.25) is 0 Å². The van der Waals surface area contributed by atoms with Crippen LogP contribution in [0.4, 0.5) is 5.69 Å². The van der Waals surface area contributed by atoms with Crippen molar-refractivity contribution in [3.63, 3.8) is 0 Å². The fourth-order valence-corrected chi connectivity index (χ4v) is 1.80. The molecule has 0 heterocycles. The van der Waals surface area contributed by atoms with Crippen LogP contribution in [0.3, 0.4) is 0 Å². The maximum Gasteiger partial charge on any atom is 0.119 e. The van der Waals surface area contributed by atoms with Crippen LogP contribution in [0.5, 0.6) is 5.75 Å². The van der Waals surface area contributed by atoms with Gasteiger partial charge >= 0.3 is 0 Å². The van der Waals surface area contributed by atoms with Crippen LogP contribution >= 0.6 is 0 Å². The molecule has 0 spiro atoms. The number of hydrogen-bond acceptors (Lipinski definition) is 3. The molecule has 1 rings (SSSR count). The van der Waals surface area contributed by atoms with Crippen molar-refractivity contribution in [1.29, 1.82) is 0 Å². The molecule has 96 valence electrons. The highest BCUT2D eigenvalue weighted by molar-refractivity contribution is 5.41. The number of nitrogens with zero attached hydrogens (tertiary/aromatic N) is 1. The lowest BCUT2D eigenvalue weighted by atomic mass is 10.2. The summed E-state index contributed by atoms with van der Waals surface area (Å²) in [5.74, 6) is 1.61. The molecule has 0 unspecified atom stereocenters. The molecule has 0 amide bonds. The van der Waals surface area contributed by atoms with Crippen molar-refractivity contribution in [3.05, 3.63) is 24.3 Å². The molecule has 0 aliphatic carbocycles. The Hall–Kier alpha value is -1.22. The third kappa shape index (κ3) is 6.17. The molecule has 0 bridgehead atoms. The van der Waals surface area contributed by atoms with E-state index in [1.54, 1.807) is 0 Å². The molecule has 0 saturated carbocycles. The summed E-state index contributed by atoms with van der Waals surface area (Å²) >= 11 is 0. The summed E-state index contributed by atoms with van der Waals surface area (Å²) in [6.45, 7) is 7.45. The van der Waals surface area contributed by atoms with E-state index >= 15 is 0 Å². The number of rotatable bonds is 7. The molecule has 0 atom stereocenters. The summed E-state index contributed by atoms with van der Waals surface area (Å²) in [6, 6.07) is 7.54. The molecular formula is C14H24N2O. The monoisotopic (exact) mass is 236 g/mol. The Bertz CT molecular complexity index is 309. The van der Waals surface area contributed by atoms with Crippen molar-refractivity contribution in [3.8, 4) is 5.75 Å². The Morgan fingerprint density at radius 2 is 1.88 bits per heavy atom. The fraction of sp³-hybridized carbons (Fsp3) is 0.571. The maximum atomic E-state index is 5.63. The largest absolute Gasteiger partial charge is 0.494 e. The molecule has 2 N–H and O–H groups in total. The van der Waals surface area contributed by atoms with E-state index in [0.717, 1.165) is 43.5 Å². The predicted octanol–water partition coefficient (Wildman–Crippen LogP) is 2.63. The first-order valence-electron chi connectivity index (χ1n) is 6.25. The highest BCUT2D eigenvalue weighted by Crippen LogP contribution is 2.13. The average Bonchev–Trinajstić information content (AvgIpc) is 2.26. The molecule has 0 aromatic heterocycles. The number of anilines is 1. The lowest BCUT2D eigenvalue weighted by Gasteiger charge is -2.18. The van der Waals surface area contributed by atoms with Crippen LogP contribution in [0.1, 0.15) is 20.3 Å². The number of hydrogen-bond donors (Lipinski definition) is 1. The van der Waals surface area contributed by atoms with Gasteiger partial charge in [0, 0.05) is 18.8 Å². The number of benzene rings is 1. The molecule has 3 nitrogen and oxygen atoms in total. The second kappa shape index (κ2) is 7.17. The zero-order valence-electron chi connectivity index (χ0n) is 11.1. The maximum absolute atomic E-state index is 5.63. The van der Waals surface area contributed by atoms with Crippen LogP contribution < -0.4 is 10.5 Å². The Kier molecular flexibility index (Phi) is 5.84. The molecule has 3 heteroatoms. The van der Waals surface area contributed by atoms with Gasteiger partial charge in [0.05, 0.1) is 6.61 Å². The minimum Gasteiger partial charge on any atom is -0.494 e. The summed E-state index contributed by atoms with van der Waals surface area (Å²) in [7, 11) is 2.16. The van der Waals surface area contributed by atoms with Gasteiger partial charge in [-0.1, -0.05) is 13.8 Å². The van der Waals surface area contributed by atoms with Crippen LogP contribution in [0.2, 0.25) is 0 Å². The smallest absolute Gasteiger partial charge is 0.119 e. The van der Waals surface area contributed by atoms with E-state index in [0.29, 0.717) is 0 Å². The van der Waals surface area contributed by atoms with Crippen molar-refractivity contribution in [2.75, 3.05) is 32.5 Å². The lowest BCUT2D eigenvalue weighted by Crippen LogP contribution is -2.25. The summed E-state index contributed by atoms with van der Waals surface area (Å²) in [6.07, 6.45) is 1.05. The average molecular weight is 236 g/mol. The lowest BCUT2D eigenvalue weighted by molar-refractivity contribution is 0.248.